The fourth-order valence-corrected chi connectivity index (χ4v) is 3.37. The molecule has 0 N–H and O–H groups in total. The van der Waals surface area contributed by atoms with Crippen LogP contribution in [0.2, 0.25) is 5.02 Å². The van der Waals surface area contributed by atoms with Crippen LogP contribution in [0.1, 0.15) is 12.5 Å². The summed E-state index contributed by atoms with van der Waals surface area (Å²) < 4.78 is 5.82. The van der Waals surface area contributed by atoms with Crippen LogP contribution in [0.25, 0.3) is 5.76 Å². The number of carbonyl (C=O) groups is 2. The molecule has 26 heavy (non-hydrogen) atoms. The van der Waals surface area contributed by atoms with Crippen molar-refractivity contribution >= 4 is 35.3 Å². The van der Waals surface area contributed by atoms with Gasteiger partial charge in [-0.3, -0.25) is 14.6 Å². The number of hydrogen-bond donors (Lipinski definition) is 0. The first-order valence-corrected chi connectivity index (χ1v) is 8.49. The molecule has 3 aliphatic heterocycles. The molecule has 8 heteroatoms. The smallest absolute Gasteiger partial charge is 0.328 e. The minimum atomic E-state index is -0.642. The Hall–Kier alpha value is -2.80. The van der Waals surface area contributed by atoms with Gasteiger partial charge < -0.3 is 9.64 Å². The molecule has 4 rings (SSSR count). The molecule has 1 saturated heterocycles. The molecule has 0 aromatic heterocycles. The lowest BCUT2D eigenvalue weighted by Crippen LogP contribution is -2.64. The van der Waals surface area contributed by atoms with E-state index in [0.717, 1.165) is 11.1 Å². The zero-order chi connectivity index (χ0) is 18.6. The second-order valence-corrected chi connectivity index (χ2v) is 6.99. The molecule has 2 atom stereocenters. The molecule has 3 heterocycles. The molecular weight excluding hydrogens is 356 g/mol. The largest absolute Gasteiger partial charge is 0.423 e. The van der Waals surface area contributed by atoms with Gasteiger partial charge in [0.1, 0.15) is 0 Å². The van der Waals surface area contributed by atoms with Crippen molar-refractivity contribution in [3.05, 3.63) is 53.2 Å². The van der Waals surface area contributed by atoms with Gasteiger partial charge in [-0.2, -0.15) is 0 Å². The number of fused-ring (bicyclic) bond motifs is 3. The van der Waals surface area contributed by atoms with Crippen LogP contribution in [-0.4, -0.2) is 58.5 Å². The summed E-state index contributed by atoms with van der Waals surface area (Å²) in [6.45, 7) is 5.76. The molecular formula is C18H17ClN4O3. The number of benzene rings is 1. The summed E-state index contributed by atoms with van der Waals surface area (Å²) in [4.78, 5) is 34.2. The average molecular weight is 373 g/mol. The minimum Gasteiger partial charge on any atom is -0.423 e. The minimum absolute atomic E-state index is 0.184. The van der Waals surface area contributed by atoms with Crippen LogP contribution in [0.4, 0.5) is 4.79 Å². The van der Waals surface area contributed by atoms with E-state index < -0.39 is 12.2 Å². The van der Waals surface area contributed by atoms with Crippen LogP contribution < -0.4 is 0 Å². The van der Waals surface area contributed by atoms with E-state index in [2.05, 4.69) is 11.6 Å². The van der Waals surface area contributed by atoms with Crippen LogP contribution in [0, 0.1) is 0 Å². The molecule has 0 saturated carbocycles. The third-order valence-corrected chi connectivity index (χ3v) is 4.76. The van der Waals surface area contributed by atoms with Gasteiger partial charge in [0, 0.05) is 17.6 Å². The number of likely N-dealkylation sites (N-methyl/N-ethyl adjacent to an activating group) is 1. The maximum Gasteiger partial charge on any atom is 0.328 e. The Bertz CT molecular complexity index is 877. The molecule has 3 aliphatic rings. The highest BCUT2D eigenvalue weighted by molar-refractivity contribution is 6.30. The Morgan fingerprint density at radius 1 is 1.31 bits per heavy atom. The lowest BCUT2D eigenvalue weighted by atomic mass is 10.1. The van der Waals surface area contributed by atoms with E-state index in [-0.39, 0.29) is 18.5 Å². The third kappa shape index (κ3) is 2.47. The number of carbonyl (C=O) groups excluding carboxylic acids is 2. The van der Waals surface area contributed by atoms with Crippen LogP contribution in [0.5, 0.6) is 0 Å². The summed E-state index contributed by atoms with van der Waals surface area (Å²) in [5.41, 5.74) is 1.56. The molecule has 134 valence electrons. The number of imide groups is 1. The average Bonchev–Trinajstić information content (AvgIpc) is 3.15. The molecule has 1 aromatic rings. The topological polar surface area (TPSA) is 65.5 Å². The highest BCUT2D eigenvalue weighted by Crippen LogP contribution is 2.35. The number of amides is 3. The van der Waals surface area contributed by atoms with Crippen LogP contribution in [0.15, 0.2) is 47.6 Å². The molecule has 0 spiro atoms. The number of nitrogens with zero attached hydrogens (tertiary/aromatic N) is 4. The molecule has 1 fully saturated rings. The molecule has 7 nitrogen and oxygen atoms in total. The number of amidine groups is 1. The fourth-order valence-electron chi connectivity index (χ4n) is 3.24. The number of urea groups is 1. The van der Waals surface area contributed by atoms with Gasteiger partial charge in [0.15, 0.2) is 18.0 Å². The summed E-state index contributed by atoms with van der Waals surface area (Å²) in [5, 5.41) is 0.628. The van der Waals surface area contributed by atoms with Gasteiger partial charge in [-0.1, -0.05) is 23.8 Å². The van der Waals surface area contributed by atoms with Crippen molar-refractivity contribution in [2.24, 2.45) is 4.99 Å². The first kappa shape index (κ1) is 16.7. The fraction of sp³-hybridized carbons (Fsp3) is 0.278. The SMILES string of the molecule is C=C(C)CN1C(=O)C2C(N=C3OC(c4ccc(Cl)cc4)=CN32)N(C)C1=O. The summed E-state index contributed by atoms with van der Waals surface area (Å²) in [5.74, 6) is 0.273. The Labute approximate surface area is 155 Å². The zero-order valence-corrected chi connectivity index (χ0v) is 15.1. The van der Waals surface area contributed by atoms with Crippen molar-refractivity contribution in [2.45, 2.75) is 19.1 Å². The molecule has 1 aromatic carbocycles. The number of hydrogen-bond acceptors (Lipinski definition) is 5. The lowest BCUT2D eigenvalue weighted by Gasteiger charge is -2.39. The van der Waals surface area contributed by atoms with Crippen molar-refractivity contribution in [3.8, 4) is 0 Å². The lowest BCUT2D eigenvalue weighted by molar-refractivity contribution is -0.136. The number of rotatable bonds is 3. The Balaban J connectivity index is 1.65. The maximum absolute atomic E-state index is 12.9. The van der Waals surface area contributed by atoms with Gasteiger partial charge >= 0.3 is 6.03 Å². The van der Waals surface area contributed by atoms with Crippen molar-refractivity contribution in [3.63, 3.8) is 0 Å². The Morgan fingerprint density at radius 2 is 2.00 bits per heavy atom. The van der Waals surface area contributed by atoms with Gasteiger partial charge in [-0.25, -0.2) is 9.79 Å². The highest BCUT2D eigenvalue weighted by atomic mass is 35.5. The molecule has 3 amide bonds. The summed E-state index contributed by atoms with van der Waals surface area (Å²) in [6, 6.07) is 6.49. The summed E-state index contributed by atoms with van der Waals surface area (Å²) in [6.07, 6.45) is 1.14. The van der Waals surface area contributed by atoms with Gasteiger partial charge in [0.05, 0.1) is 12.7 Å². The maximum atomic E-state index is 12.9. The van der Waals surface area contributed by atoms with Crippen molar-refractivity contribution in [1.29, 1.82) is 0 Å². The standard InChI is InChI=1S/C18H17ClN4O3/c1-10(2)8-23-16(24)14-15(21(3)18(23)25)20-17-22(14)9-13(26-17)11-4-6-12(19)7-5-11/h4-7,9,14-15H,1,8H2,2-3H3. The van der Waals surface area contributed by atoms with Crippen LogP contribution in [-0.2, 0) is 9.53 Å². The number of aliphatic imine (C=N–C) groups is 1. The molecule has 0 bridgehead atoms. The van der Waals surface area contributed by atoms with Gasteiger partial charge in [0.25, 0.3) is 11.9 Å². The second-order valence-electron chi connectivity index (χ2n) is 6.55. The first-order valence-electron chi connectivity index (χ1n) is 8.11. The van der Waals surface area contributed by atoms with Crippen LogP contribution >= 0.6 is 11.6 Å². The molecule has 0 aliphatic carbocycles. The van der Waals surface area contributed by atoms with E-state index in [4.69, 9.17) is 16.3 Å². The van der Waals surface area contributed by atoms with Gasteiger partial charge in [-0.15, -0.1) is 0 Å². The van der Waals surface area contributed by atoms with E-state index >= 15 is 0 Å². The van der Waals surface area contributed by atoms with E-state index in [0.29, 0.717) is 16.8 Å². The number of halogens is 1. The van der Waals surface area contributed by atoms with Gasteiger partial charge in [-0.05, 0) is 31.2 Å². The second kappa shape index (κ2) is 5.88. The predicted molar refractivity (Wildman–Crippen MR) is 97.1 cm³/mol. The highest BCUT2D eigenvalue weighted by Gasteiger charge is 2.54. The normalized spacial score (nSPS) is 24.2. The van der Waals surface area contributed by atoms with E-state index in [1.807, 2.05) is 12.1 Å². The first-order chi connectivity index (χ1) is 12.4. The zero-order valence-electron chi connectivity index (χ0n) is 14.3. The Morgan fingerprint density at radius 3 is 2.65 bits per heavy atom. The van der Waals surface area contributed by atoms with Crippen molar-refractivity contribution in [1.82, 2.24) is 14.7 Å². The summed E-state index contributed by atoms with van der Waals surface area (Å²) >= 11 is 5.92. The summed E-state index contributed by atoms with van der Waals surface area (Å²) in [7, 11) is 1.63. The molecule has 0 radical (unpaired) electrons. The Kier molecular flexibility index (Phi) is 3.77. The quantitative estimate of drug-likeness (QED) is 0.765. The number of ether oxygens (including phenoxy) is 1. The van der Waals surface area contributed by atoms with Crippen molar-refractivity contribution < 1.29 is 14.3 Å². The predicted octanol–water partition coefficient (Wildman–Crippen LogP) is 2.51. The molecule has 2 unspecified atom stereocenters. The van der Waals surface area contributed by atoms with E-state index in [1.54, 1.807) is 37.2 Å². The van der Waals surface area contributed by atoms with Crippen LogP contribution in [0.3, 0.4) is 0 Å². The van der Waals surface area contributed by atoms with E-state index in [1.165, 1.54) is 9.80 Å². The third-order valence-electron chi connectivity index (χ3n) is 4.51. The van der Waals surface area contributed by atoms with Gasteiger partial charge in [0.2, 0.25) is 0 Å². The van der Waals surface area contributed by atoms with E-state index in [9.17, 15) is 9.59 Å². The van der Waals surface area contributed by atoms with Crippen molar-refractivity contribution in [2.75, 3.05) is 13.6 Å². The monoisotopic (exact) mass is 372 g/mol.